The predicted octanol–water partition coefficient (Wildman–Crippen LogP) is 2.28. The summed E-state index contributed by atoms with van der Waals surface area (Å²) in [4.78, 5) is 16.3. The summed E-state index contributed by atoms with van der Waals surface area (Å²) in [6, 6.07) is 9.13. The SMILES string of the molecule is CC1(CCC#N)N=C(c2ccc(Cl)cc2)NC1=O. The summed E-state index contributed by atoms with van der Waals surface area (Å²) in [5.74, 6) is 0.375. The van der Waals surface area contributed by atoms with Gasteiger partial charge in [-0.25, -0.2) is 0 Å². The molecule has 0 fully saturated rings. The molecule has 0 aromatic heterocycles. The van der Waals surface area contributed by atoms with Crippen molar-refractivity contribution in [1.82, 2.24) is 5.32 Å². The van der Waals surface area contributed by atoms with Crippen molar-refractivity contribution in [2.24, 2.45) is 4.99 Å². The van der Waals surface area contributed by atoms with Gasteiger partial charge in [-0.1, -0.05) is 11.6 Å². The molecule has 1 heterocycles. The van der Waals surface area contributed by atoms with E-state index in [1.807, 2.05) is 6.07 Å². The highest BCUT2D eigenvalue weighted by molar-refractivity contribution is 6.30. The lowest BCUT2D eigenvalue weighted by Gasteiger charge is -2.14. The first kappa shape index (κ1) is 12.6. The minimum Gasteiger partial charge on any atom is -0.308 e. The molecule has 1 aliphatic heterocycles. The number of aliphatic imine (C=N–C) groups is 1. The zero-order chi connectivity index (χ0) is 13.2. The summed E-state index contributed by atoms with van der Waals surface area (Å²) >= 11 is 5.81. The van der Waals surface area contributed by atoms with E-state index in [2.05, 4.69) is 10.3 Å². The molecule has 0 saturated heterocycles. The third-order valence-electron chi connectivity index (χ3n) is 2.92. The van der Waals surface area contributed by atoms with Crippen LogP contribution in [0.4, 0.5) is 0 Å². The molecule has 0 bridgehead atoms. The minimum absolute atomic E-state index is 0.164. The summed E-state index contributed by atoms with van der Waals surface area (Å²) in [6.45, 7) is 1.74. The van der Waals surface area contributed by atoms with Gasteiger partial charge in [-0.15, -0.1) is 0 Å². The number of amides is 1. The zero-order valence-electron chi connectivity index (χ0n) is 9.90. The molecule has 4 nitrogen and oxygen atoms in total. The van der Waals surface area contributed by atoms with Crippen LogP contribution in [0.1, 0.15) is 25.3 Å². The van der Waals surface area contributed by atoms with E-state index >= 15 is 0 Å². The number of amidine groups is 1. The number of hydrogen-bond donors (Lipinski definition) is 1. The van der Waals surface area contributed by atoms with Gasteiger partial charge in [-0.2, -0.15) is 5.26 Å². The van der Waals surface area contributed by atoms with Gasteiger partial charge >= 0.3 is 0 Å². The van der Waals surface area contributed by atoms with Crippen molar-refractivity contribution in [3.05, 3.63) is 34.9 Å². The molecule has 1 aromatic rings. The van der Waals surface area contributed by atoms with Gasteiger partial charge < -0.3 is 5.32 Å². The molecule has 18 heavy (non-hydrogen) atoms. The third kappa shape index (κ3) is 2.36. The second kappa shape index (κ2) is 4.79. The van der Waals surface area contributed by atoms with E-state index in [0.29, 0.717) is 23.7 Å². The molecular weight excluding hydrogens is 250 g/mol. The van der Waals surface area contributed by atoms with Gasteiger partial charge in [0.2, 0.25) is 0 Å². The molecule has 0 aliphatic carbocycles. The topological polar surface area (TPSA) is 65.2 Å². The Bertz CT molecular complexity index is 544. The molecule has 1 aliphatic rings. The lowest BCUT2D eigenvalue weighted by molar-refractivity contribution is -0.123. The Labute approximate surface area is 110 Å². The molecule has 0 saturated carbocycles. The summed E-state index contributed by atoms with van der Waals surface area (Å²) in [7, 11) is 0. The first-order chi connectivity index (χ1) is 8.55. The van der Waals surface area contributed by atoms with E-state index in [9.17, 15) is 4.79 Å². The van der Waals surface area contributed by atoms with Crippen LogP contribution >= 0.6 is 11.6 Å². The van der Waals surface area contributed by atoms with Crippen LogP contribution in [-0.4, -0.2) is 17.3 Å². The van der Waals surface area contributed by atoms with E-state index in [4.69, 9.17) is 16.9 Å². The first-order valence-corrected chi connectivity index (χ1v) is 5.97. The lowest BCUT2D eigenvalue weighted by Crippen LogP contribution is -2.37. The normalized spacial score (nSPS) is 22.3. The Morgan fingerprint density at radius 1 is 1.44 bits per heavy atom. The zero-order valence-corrected chi connectivity index (χ0v) is 10.7. The fourth-order valence-corrected chi connectivity index (χ4v) is 1.91. The molecule has 2 rings (SSSR count). The number of benzene rings is 1. The van der Waals surface area contributed by atoms with Crippen LogP contribution in [0.15, 0.2) is 29.3 Å². The smallest absolute Gasteiger partial charge is 0.253 e. The van der Waals surface area contributed by atoms with Gasteiger partial charge in [0, 0.05) is 17.0 Å². The van der Waals surface area contributed by atoms with Crippen molar-refractivity contribution >= 4 is 23.3 Å². The summed E-state index contributed by atoms with van der Waals surface area (Å²) in [5, 5.41) is 12.0. The highest BCUT2D eigenvalue weighted by atomic mass is 35.5. The van der Waals surface area contributed by atoms with Crippen LogP contribution in [0.2, 0.25) is 5.02 Å². The molecule has 1 amide bonds. The van der Waals surface area contributed by atoms with Gasteiger partial charge in [0.05, 0.1) is 6.07 Å². The Morgan fingerprint density at radius 3 is 2.72 bits per heavy atom. The maximum atomic E-state index is 11.9. The second-order valence-electron chi connectivity index (χ2n) is 4.35. The molecule has 1 N–H and O–H groups in total. The van der Waals surface area contributed by atoms with Crippen LogP contribution in [0.25, 0.3) is 0 Å². The number of hydrogen-bond acceptors (Lipinski definition) is 3. The number of nitrogens with zero attached hydrogens (tertiary/aromatic N) is 2. The molecule has 92 valence electrons. The summed E-state index contributed by atoms with van der Waals surface area (Å²) < 4.78 is 0. The van der Waals surface area contributed by atoms with Gasteiger partial charge in [0.1, 0.15) is 11.4 Å². The van der Waals surface area contributed by atoms with Crippen molar-refractivity contribution in [3.63, 3.8) is 0 Å². The van der Waals surface area contributed by atoms with E-state index in [0.717, 1.165) is 5.56 Å². The van der Waals surface area contributed by atoms with Gasteiger partial charge in [-0.3, -0.25) is 9.79 Å². The van der Waals surface area contributed by atoms with Gasteiger partial charge in [0.15, 0.2) is 0 Å². The number of rotatable bonds is 3. The maximum absolute atomic E-state index is 11.9. The number of carbonyl (C=O) groups excluding carboxylic acids is 1. The number of nitrogens with one attached hydrogen (secondary N) is 1. The van der Waals surface area contributed by atoms with Crippen molar-refractivity contribution in [2.75, 3.05) is 0 Å². The second-order valence-corrected chi connectivity index (χ2v) is 4.79. The minimum atomic E-state index is -0.843. The largest absolute Gasteiger partial charge is 0.308 e. The predicted molar refractivity (Wildman–Crippen MR) is 69.4 cm³/mol. The monoisotopic (exact) mass is 261 g/mol. The van der Waals surface area contributed by atoms with Crippen LogP contribution in [0.5, 0.6) is 0 Å². The quantitative estimate of drug-likeness (QED) is 0.907. The first-order valence-electron chi connectivity index (χ1n) is 5.59. The maximum Gasteiger partial charge on any atom is 0.253 e. The van der Waals surface area contributed by atoms with Crippen LogP contribution < -0.4 is 5.32 Å². The van der Waals surface area contributed by atoms with Gasteiger partial charge in [0.25, 0.3) is 5.91 Å². The van der Waals surface area contributed by atoms with Gasteiger partial charge in [-0.05, 0) is 37.6 Å². The summed E-state index contributed by atoms with van der Waals surface area (Å²) in [5.41, 5.74) is -0.0292. The number of halogens is 1. The molecule has 1 aromatic carbocycles. The number of carbonyl (C=O) groups is 1. The van der Waals surface area contributed by atoms with E-state index in [1.54, 1.807) is 31.2 Å². The van der Waals surface area contributed by atoms with Crippen LogP contribution in [-0.2, 0) is 4.79 Å². The average Bonchev–Trinajstić information content (AvgIpc) is 2.65. The lowest BCUT2D eigenvalue weighted by atomic mass is 9.97. The Balaban J connectivity index is 2.26. The molecule has 5 heteroatoms. The fraction of sp³-hybridized carbons (Fsp3) is 0.308. The third-order valence-corrected chi connectivity index (χ3v) is 3.17. The molecule has 0 radical (unpaired) electrons. The highest BCUT2D eigenvalue weighted by Gasteiger charge is 2.38. The Morgan fingerprint density at radius 2 is 2.11 bits per heavy atom. The van der Waals surface area contributed by atoms with Crippen LogP contribution in [0.3, 0.4) is 0 Å². The molecule has 1 atom stereocenters. The van der Waals surface area contributed by atoms with Crippen LogP contribution in [0, 0.1) is 11.3 Å². The Hall–Kier alpha value is -1.86. The molecule has 0 spiro atoms. The standard InChI is InChI=1S/C13H12ClN3O/c1-13(7-2-8-15)12(18)16-11(17-13)9-3-5-10(14)6-4-9/h3-6H,2,7H2,1H3,(H,16,17,18). The molecular formula is C13H12ClN3O. The number of nitriles is 1. The van der Waals surface area contributed by atoms with E-state index in [1.165, 1.54) is 0 Å². The fourth-order valence-electron chi connectivity index (χ4n) is 1.78. The highest BCUT2D eigenvalue weighted by Crippen LogP contribution is 2.24. The van der Waals surface area contributed by atoms with Crippen molar-refractivity contribution in [2.45, 2.75) is 25.3 Å². The Kier molecular flexibility index (Phi) is 3.35. The molecule has 1 unspecified atom stereocenters. The summed E-state index contributed by atoms with van der Waals surface area (Å²) in [6.07, 6.45) is 0.730. The van der Waals surface area contributed by atoms with Crippen molar-refractivity contribution in [1.29, 1.82) is 5.26 Å². The van der Waals surface area contributed by atoms with Crippen molar-refractivity contribution < 1.29 is 4.79 Å². The van der Waals surface area contributed by atoms with Crippen molar-refractivity contribution in [3.8, 4) is 6.07 Å². The van der Waals surface area contributed by atoms with E-state index < -0.39 is 5.54 Å². The van der Waals surface area contributed by atoms with E-state index in [-0.39, 0.29) is 5.91 Å². The average molecular weight is 262 g/mol.